The Morgan fingerprint density at radius 3 is 2.34 bits per heavy atom. The van der Waals surface area contributed by atoms with Gasteiger partial charge in [0.1, 0.15) is 17.6 Å². The van der Waals surface area contributed by atoms with Gasteiger partial charge in [-0.3, -0.25) is 14.1 Å². The Morgan fingerprint density at radius 1 is 1.21 bits per heavy atom. The summed E-state index contributed by atoms with van der Waals surface area (Å²) in [5, 5.41) is 8.43. The largest absolute Gasteiger partial charge is 0.431 e. The van der Waals surface area contributed by atoms with E-state index in [2.05, 4.69) is 4.72 Å². The molecule has 1 N–H and O–H groups in total. The fourth-order valence-corrected chi connectivity index (χ4v) is 4.04. The number of hydrogen-bond acceptors (Lipinski definition) is 5. The number of sulfonamides is 1. The minimum absolute atomic E-state index is 0.118. The second-order valence-electron chi connectivity index (χ2n) is 6.35. The summed E-state index contributed by atoms with van der Waals surface area (Å²) in [6, 6.07) is 3.01. The van der Waals surface area contributed by atoms with Gasteiger partial charge in [0.25, 0.3) is 5.56 Å². The molecule has 1 saturated carbocycles. The summed E-state index contributed by atoms with van der Waals surface area (Å²) < 4.78 is 80.0. The van der Waals surface area contributed by atoms with Crippen LogP contribution in [0.25, 0.3) is 5.69 Å². The standard InChI is InChI=1S/C16H12F4N4O4S/c1-23-13(16(18,19)20)6-14(25)24(15(23)26)12-5-11(8(7-21)4-10(12)17)22-29(27,28)9-2-3-9/h4-6,9,22H,2-3H2,1H3. The number of anilines is 1. The molecule has 1 aromatic heterocycles. The average Bonchev–Trinajstić information content (AvgIpc) is 3.45. The van der Waals surface area contributed by atoms with Gasteiger partial charge in [-0.25, -0.2) is 22.2 Å². The molecule has 0 atom stereocenters. The van der Waals surface area contributed by atoms with E-state index in [0.29, 0.717) is 18.9 Å². The van der Waals surface area contributed by atoms with E-state index in [1.165, 1.54) is 0 Å². The second-order valence-corrected chi connectivity index (χ2v) is 8.31. The first-order valence-electron chi connectivity index (χ1n) is 8.02. The molecule has 3 rings (SSSR count). The van der Waals surface area contributed by atoms with Crippen LogP contribution in [0, 0.1) is 17.1 Å². The molecule has 0 unspecified atom stereocenters. The molecular formula is C16H12F4N4O4S. The quantitative estimate of drug-likeness (QED) is 0.735. The summed E-state index contributed by atoms with van der Waals surface area (Å²) in [5.74, 6) is -1.27. The maximum atomic E-state index is 14.5. The Kier molecular flexibility index (Phi) is 4.78. The number of rotatable bonds is 4. The summed E-state index contributed by atoms with van der Waals surface area (Å²) in [7, 11) is -3.13. The number of nitrogens with one attached hydrogen (secondary N) is 1. The third-order valence-electron chi connectivity index (χ3n) is 4.27. The maximum Gasteiger partial charge on any atom is 0.431 e. The zero-order valence-corrected chi connectivity index (χ0v) is 15.4. The summed E-state index contributed by atoms with van der Waals surface area (Å²) in [5.41, 5.74) is -6.12. The first-order chi connectivity index (χ1) is 13.4. The molecule has 1 heterocycles. The predicted molar refractivity (Wildman–Crippen MR) is 92.5 cm³/mol. The van der Waals surface area contributed by atoms with Crippen molar-refractivity contribution in [1.29, 1.82) is 5.26 Å². The molecule has 1 aliphatic carbocycles. The lowest BCUT2D eigenvalue weighted by molar-refractivity contribution is -0.144. The molecule has 0 spiro atoms. The maximum absolute atomic E-state index is 14.5. The van der Waals surface area contributed by atoms with Crippen LogP contribution in [0.4, 0.5) is 23.2 Å². The van der Waals surface area contributed by atoms with Gasteiger partial charge in [-0.05, 0) is 25.0 Å². The van der Waals surface area contributed by atoms with Gasteiger partial charge >= 0.3 is 11.9 Å². The van der Waals surface area contributed by atoms with Crippen molar-refractivity contribution < 1.29 is 26.0 Å². The molecule has 2 aromatic rings. The average molecular weight is 432 g/mol. The number of nitrogens with zero attached hydrogens (tertiary/aromatic N) is 3. The molecule has 0 bridgehead atoms. The van der Waals surface area contributed by atoms with Crippen LogP contribution in [-0.2, 0) is 23.2 Å². The summed E-state index contributed by atoms with van der Waals surface area (Å²) in [6.07, 6.45) is -4.21. The van der Waals surface area contributed by atoms with Crippen LogP contribution in [0.15, 0.2) is 27.8 Å². The van der Waals surface area contributed by atoms with Gasteiger partial charge < -0.3 is 0 Å². The lowest BCUT2D eigenvalue weighted by atomic mass is 10.1. The first-order valence-corrected chi connectivity index (χ1v) is 9.57. The van der Waals surface area contributed by atoms with Crippen molar-refractivity contribution in [2.45, 2.75) is 24.3 Å². The van der Waals surface area contributed by atoms with E-state index in [0.717, 1.165) is 13.1 Å². The number of halogens is 4. The van der Waals surface area contributed by atoms with Crippen LogP contribution in [0.5, 0.6) is 0 Å². The molecule has 13 heteroatoms. The fourth-order valence-electron chi connectivity index (χ4n) is 2.64. The molecule has 1 fully saturated rings. The highest BCUT2D eigenvalue weighted by Gasteiger charge is 2.37. The number of alkyl halides is 3. The minimum Gasteiger partial charge on any atom is -0.292 e. The molecule has 0 aliphatic heterocycles. The van der Waals surface area contributed by atoms with E-state index >= 15 is 0 Å². The van der Waals surface area contributed by atoms with Crippen molar-refractivity contribution in [1.82, 2.24) is 9.13 Å². The molecule has 0 saturated heterocycles. The van der Waals surface area contributed by atoms with Gasteiger partial charge in [-0.2, -0.15) is 18.4 Å². The third-order valence-corrected chi connectivity index (χ3v) is 6.13. The molecule has 154 valence electrons. The van der Waals surface area contributed by atoms with Crippen molar-refractivity contribution >= 4 is 15.7 Å². The Balaban J connectivity index is 2.24. The zero-order valence-electron chi connectivity index (χ0n) is 14.6. The Bertz CT molecular complexity index is 1270. The van der Waals surface area contributed by atoms with Crippen molar-refractivity contribution in [3.63, 3.8) is 0 Å². The highest BCUT2D eigenvalue weighted by Crippen LogP contribution is 2.32. The van der Waals surface area contributed by atoms with Crippen molar-refractivity contribution in [3.8, 4) is 11.8 Å². The van der Waals surface area contributed by atoms with E-state index in [1.807, 2.05) is 0 Å². The summed E-state index contributed by atoms with van der Waals surface area (Å²) >= 11 is 0. The van der Waals surface area contributed by atoms with Gasteiger partial charge in [-0.15, -0.1) is 0 Å². The van der Waals surface area contributed by atoms with E-state index in [4.69, 9.17) is 5.26 Å². The summed E-state index contributed by atoms with van der Waals surface area (Å²) in [4.78, 5) is 24.5. The number of hydrogen-bond donors (Lipinski definition) is 1. The number of aromatic nitrogens is 2. The third kappa shape index (κ3) is 3.75. The SMILES string of the molecule is Cn1c(C(F)(F)F)cc(=O)n(-c2cc(NS(=O)(=O)C3CC3)c(C#N)cc2F)c1=O. The van der Waals surface area contributed by atoms with Crippen molar-refractivity contribution in [2.24, 2.45) is 7.05 Å². The Labute approximate surface area is 160 Å². The Hall–Kier alpha value is -3.14. The van der Waals surface area contributed by atoms with E-state index in [9.17, 15) is 35.6 Å². The number of benzene rings is 1. The summed E-state index contributed by atoms with van der Waals surface area (Å²) in [6.45, 7) is 0. The van der Waals surface area contributed by atoms with Crippen LogP contribution in [0.3, 0.4) is 0 Å². The highest BCUT2D eigenvalue weighted by atomic mass is 32.2. The van der Waals surface area contributed by atoms with Crippen LogP contribution in [0.2, 0.25) is 0 Å². The topological polar surface area (TPSA) is 114 Å². The van der Waals surface area contributed by atoms with Crippen LogP contribution < -0.4 is 16.0 Å². The molecule has 0 amide bonds. The second kappa shape index (κ2) is 6.73. The van der Waals surface area contributed by atoms with Gasteiger partial charge in [-0.1, -0.05) is 0 Å². The van der Waals surface area contributed by atoms with E-state index in [-0.39, 0.29) is 15.2 Å². The Morgan fingerprint density at radius 2 is 1.83 bits per heavy atom. The zero-order chi connectivity index (χ0) is 21.7. The van der Waals surface area contributed by atoms with Gasteiger partial charge in [0, 0.05) is 13.1 Å². The van der Waals surface area contributed by atoms with Crippen molar-refractivity contribution in [2.75, 3.05) is 4.72 Å². The fraction of sp³-hybridized carbons (Fsp3) is 0.312. The molecule has 0 radical (unpaired) electrons. The molecule has 8 nitrogen and oxygen atoms in total. The monoisotopic (exact) mass is 432 g/mol. The molecule has 1 aliphatic rings. The van der Waals surface area contributed by atoms with Crippen molar-refractivity contribution in [3.05, 3.63) is 56.1 Å². The van der Waals surface area contributed by atoms with Crippen LogP contribution in [-0.4, -0.2) is 22.8 Å². The molecule has 29 heavy (non-hydrogen) atoms. The van der Waals surface area contributed by atoms with E-state index in [1.54, 1.807) is 6.07 Å². The minimum atomic E-state index is -5.00. The van der Waals surface area contributed by atoms with Crippen LogP contribution in [0.1, 0.15) is 24.1 Å². The lowest BCUT2D eigenvalue weighted by Crippen LogP contribution is -2.41. The normalized spacial score (nSPS) is 14.5. The molecule has 1 aromatic carbocycles. The van der Waals surface area contributed by atoms with Gasteiger partial charge in [0.2, 0.25) is 10.0 Å². The molecular weight excluding hydrogens is 420 g/mol. The van der Waals surface area contributed by atoms with Crippen LogP contribution >= 0.6 is 0 Å². The van der Waals surface area contributed by atoms with Gasteiger partial charge in [0.05, 0.1) is 22.2 Å². The highest BCUT2D eigenvalue weighted by molar-refractivity contribution is 7.93. The smallest absolute Gasteiger partial charge is 0.292 e. The number of nitriles is 1. The van der Waals surface area contributed by atoms with E-state index < -0.39 is 61.1 Å². The predicted octanol–water partition coefficient (Wildman–Crippen LogP) is 1.47. The lowest BCUT2D eigenvalue weighted by Gasteiger charge is -2.16. The first kappa shape index (κ1) is 20.6. The van der Waals surface area contributed by atoms with Gasteiger partial charge in [0.15, 0.2) is 0 Å².